The molecule has 0 amide bonds. The van der Waals surface area contributed by atoms with E-state index in [1.54, 1.807) is 48.3 Å². The summed E-state index contributed by atoms with van der Waals surface area (Å²) in [4.78, 5) is 17.7. The molecule has 0 aliphatic carbocycles. The second kappa shape index (κ2) is 10.4. The van der Waals surface area contributed by atoms with Gasteiger partial charge in [0.25, 0.3) is 5.88 Å². The molecule has 182 valence electrons. The van der Waals surface area contributed by atoms with Crippen LogP contribution in [0.2, 0.25) is 0 Å². The normalized spacial score (nSPS) is 14.6. The second-order valence-electron chi connectivity index (χ2n) is 8.37. The lowest BCUT2D eigenvalue weighted by molar-refractivity contribution is 0.162. The van der Waals surface area contributed by atoms with Crippen LogP contribution in [-0.2, 0) is 6.54 Å². The van der Waals surface area contributed by atoms with E-state index in [0.717, 1.165) is 45.2 Å². The Morgan fingerprint density at radius 1 is 1.14 bits per heavy atom. The van der Waals surface area contributed by atoms with Crippen LogP contribution >= 0.6 is 11.8 Å². The molecule has 0 saturated heterocycles. The molecule has 11 heteroatoms. The van der Waals surface area contributed by atoms with E-state index in [1.165, 1.54) is 0 Å². The first-order chi connectivity index (χ1) is 17.1. The molecule has 0 aromatic carbocycles. The van der Waals surface area contributed by atoms with Crippen molar-refractivity contribution in [3.8, 4) is 22.9 Å². The number of thioether (sulfide) groups is 1. The first-order valence-corrected chi connectivity index (χ1v) is 12.8. The first-order valence-electron chi connectivity index (χ1n) is 11.4. The van der Waals surface area contributed by atoms with Crippen molar-refractivity contribution in [2.24, 2.45) is 0 Å². The summed E-state index contributed by atoms with van der Waals surface area (Å²) in [6.45, 7) is 3.83. The summed E-state index contributed by atoms with van der Waals surface area (Å²) in [6, 6.07) is 5.91. The predicted molar refractivity (Wildman–Crippen MR) is 135 cm³/mol. The number of aromatic nitrogens is 6. The van der Waals surface area contributed by atoms with Crippen molar-refractivity contribution < 1.29 is 14.6 Å². The summed E-state index contributed by atoms with van der Waals surface area (Å²) in [5.41, 5.74) is 3.44. The molecule has 4 aromatic rings. The van der Waals surface area contributed by atoms with Crippen molar-refractivity contribution in [3.63, 3.8) is 0 Å². The Morgan fingerprint density at radius 3 is 2.89 bits per heavy atom. The maximum absolute atomic E-state index is 9.67. The van der Waals surface area contributed by atoms with E-state index in [9.17, 15) is 5.11 Å². The summed E-state index contributed by atoms with van der Waals surface area (Å²) < 4.78 is 13.3. The lowest BCUT2D eigenvalue weighted by atomic mass is 10.0. The highest BCUT2D eigenvalue weighted by atomic mass is 32.2. The molecule has 0 bridgehead atoms. The number of nitrogens with one attached hydrogen (secondary N) is 1. The molecule has 2 unspecified atom stereocenters. The maximum atomic E-state index is 9.67. The number of fused-ring (bicyclic) bond motifs is 2. The van der Waals surface area contributed by atoms with Crippen molar-refractivity contribution in [1.82, 2.24) is 29.7 Å². The van der Waals surface area contributed by atoms with Crippen LogP contribution in [0.4, 0.5) is 5.82 Å². The molecule has 35 heavy (non-hydrogen) atoms. The molecule has 0 saturated carbocycles. The largest absolute Gasteiger partial charge is 0.484 e. The molecule has 1 aliphatic rings. The van der Waals surface area contributed by atoms with Crippen LogP contribution in [0.25, 0.3) is 22.3 Å². The van der Waals surface area contributed by atoms with Gasteiger partial charge in [-0.25, -0.2) is 24.6 Å². The first kappa shape index (κ1) is 23.3. The fourth-order valence-corrected chi connectivity index (χ4v) is 4.79. The van der Waals surface area contributed by atoms with E-state index in [0.29, 0.717) is 32.2 Å². The van der Waals surface area contributed by atoms with Gasteiger partial charge >= 0.3 is 0 Å². The standard InChI is InChI=1S/C24H27N7O3S/c1-15(32)12-31-23-17(11-30-31)7-16(9-27-23)20-8-21(29-14-28-20)26-10-18(13-35-2)19-3-4-25-24-22(19)33-5-6-34-24/h3-4,7-9,11,14-15,18,32H,5-6,10,12-13H2,1-2H3,(H,26,28,29). The Labute approximate surface area is 207 Å². The molecule has 0 spiro atoms. The van der Waals surface area contributed by atoms with E-state index < -0.39 is 6.10 Å². The fourth-order valence-electron chi connectivity index (χ4n) is 4.09. The molecule has 1 aliphatic heterocycles. The summed E-state index contributed by atoms with van der Waals surface area (Å²) in [6.07, 6.45) is 8.43. The molecule has 4 aromatic heterocycles. The number of nitrogens with zero attached hydrogens (tertiary/aromatic N) is 6. The fraction of sp³-hybridized carbons (Fsp3) is 0.375. The van der Waals surface area contributed by atoms with Crippen LogP contribution in [0, 0.1) is 0 Å². The molecular weight excluding hydrogens is 466 g/mol. The molecule has 0 fully saturated rings. The maximum Gasteiger partial charge on any atom is 0.257 e. The third-order valence-electron chi connectivity index (χ3n) is 5.68. The number of hydrogen-bond donors (Lipinski definition) is 2. The van der Waals surface area contributed by atoms with E-state index in [1.807, 2.05) is 18.2 Å². The van der Waals surface area contributed by atoms with Gasteiger partial charge in [0.15, 0.2) is 11.4 Å². The molecular formula is C24H27N7O3S. The van der Waals surface area contributed by atoms with Gasteiger partial charge in [0.2, 0.25) is 0 Å². The van der Waals surface area contributed by atoms with E-state index in [-0.39, 0.29) is 5.92 Å². The second-order valence-corrected chi connectivity index (χ2v) is 9.28. The van der Waals surface area contributed by atoms with Gasteiger partial charge in [0, 0.05) is 53.2 Å². The smallest absolute Gasteiger partial charge is 0.257 e. The third kappa shape index (κ3) is 5.15. The molecule has 2 atom stereocenters. The zero-order valence-electron chi connectivity index (χ0n) is 19.6. The van der Waals surface area contributed by atoms with Gasteiger partial charge in [-0.2, -0.15) is 16.9 Å². The van der Waals surface area contributed by atoms with Gasteiger partial charge in [0.05, 0.1) is 24.5 Å². The van der Waals surface area contributed by atoms with Crippen LogP contribution in [0.5, 0.6) is 11.6 Å². The van der Waals surface area contributed by atoms with Crippen molar-refractivity contribution in [2.45, 2.75) is 25.5 Å². The third-order valence-corrected chi connectivity index (χ3v) is 6.42. The van der Waals surface area contributed by atoms with Gasteiger partial charge in [-0.05, 0) is 25.3 Å². The minimum Gasteiger partial charge on any atom is -0.484 e. The number of anilines is 1. The summed E-state index contributed by atoms with van der Waals surface area (Å²) >= 11 is 1.78. The van der Waals surface area contributed by atoms with Gasteiger partial charge in [-0.3, -0.25) is 0 Å². The Kier molecular flexibility index (Phi) is 6.96. The van der Waals surface area contributed by atoms with Crippen LogP contribution in [0.15, 0.2) is 43.1 Å². The van der Waals surface area contributed by atoms with Crippen LogP contribution < -0.4 is 14.8 Å². The average Bonchev–Trinajstić information content (AvgIpc) is 3.27. The number of ether oxygens (including phenoxy) is 2. The van der Waals surface area contributed by atoms with Gasteiger partial charge < -0.3 is 19.9 Å². The summed E-state index contributed by atoms with van der Waals surface area (Å²) in [5.74, 6) is 3.11. The Balaban J connectivity index is 1.34. The number of hydrogen-bond acceptors (Lipinski definition) is 10. The van der Waals surface area contributed by atoms with Crippen molar-refractivity contribution >= 4 is 28.6 Å². The minimum absolute atomic E-state index is 0.180. The highest BCUT2D eigenvalue weighted by molar-refractivity contribution is 7.98. The average molecular weight is 494 g/mol. The van der Waals surface area contributed by atoms with Crippen LogP contribution in [0.3, 0.4) is 0 Å². The highest BCUT2D eigenvalue weighted by Crippen LogP contribution is 2.37. The van der Waals surface area contributed by atoms with E-state index in [2.05, 4.69) is 36.6 Å². The van der Waals surface area contributed by atoms with E-state index in [4.69, 9.17) is 9.47 Å². The van der Waals surface area contributed by atoms with Gasteiger partial charge in [0.1, 0.15) is 25.4 Å². The summed E-state index contributed by atoms with van der Waals surface area (Å²) in [7, 11) is 0. The zero-order valence-corrected chi connectivity index (χ0v) is 20.4. The Hall–Kier alpha value is -3.44. The van der Waals surface area contributed by atoms with Crippen LogP contribution in [-0.4, -0.2) is 72.7 Å². The SMILES string of the molecule is CSCC(CNc1cc(-c2cnc3c(cnn3CC(C)O)c2)ncn1)c1ccnc2c1OCCO2. The van der Waals surface area contributed by atoms with Crippen molar-refractivity contribution in [2.75, 3.05) is 37.1 Å². The lowest BCUT2D eigenvalue weighted by Gasteiger charge is -2.24. The lowest BCUT2D eigenvalue weighted by Crippen LogP contribution is -2.21. The molecule has 2 N–H and O–H groups in total. The molecule has 5 heterocycles. The number of aliphatic hydroxyl groups is 1. The number of pyridine rings is 2. The van der Waals surface area contributed by atoms with Crippen molar-refractivity contribution in [1.29, 1.82) is 0 Å². The molecule has 10 nitrogen and oxygen atoms in total. The summed E-state index contributed by atoms with van der Waals surface area (Å²) in [5, 5.41) is 18.4. The van der Waals surface area contributed by atoms with Crippen LogP contribution in [0.1, 0.15) is 18.4 Å². The highest BCUT2D eigenvalue weighted by Gasteiger charge is 2.23. The topological polar surface area (TPSA) is 120 Å². The minimum atomic E-state index is -0.498. The van der Waals surface area contributed by atoms with Crippen molar-refractivity contribution in [3.05, 3.63) is 48.7 Å². The Morgan fingerprint density at radius 2 is 2.03 bits per heavy atom. The number of aliphatic hydroxyl groups excluding tert-OH is 1. The zero-order chi connectivity index (χ0) is 24.2. The number of rotatable bonds is 9. The van der Waals surface area contributed by atoms with E-state index >= 15 is 0 Å². The quantitative estimate of drug-likeness (QED) is 0.360. The predicted octanol–water partition coefficient (Wildman–Crippen LogP) is 2.99. The Bertz CT molecular complexity index is 1310. The molecule has 5 rings (SSSR count). The monoisotopic (exact) mass is 493 g/mol. The van der Waals surface area contributed by atoms with Gasteiger partial charge in [-0.1, -0.05) is 0 Å². The van der Waals surface area contributed by atoms with Gasteiger partial charge in [-0.15, -0.1) is 0 Å². The molecule has 0 radical (unpaired) electrons.